The van der Waals surface area contributed by atoms with Crippen LogP contribution in [0.3, 0.4) is 0 Å². The summed E-state index contributed by atoms with van der Waals surface area (Å²) in [7, 11) is 3.97. The first kappa shape index (κ1) is 14.3. The summed E-state index contributed by atoms with van der Waals surface area (Å²) in [4.78, 5) is 2.02. The van der Waals surface area contributed by atoms with Gasteiger partial charge in [0, 0.05) is 32.0 Å². The topological polar surface area (TPSA) is 35.5 Å². The average Bonchev–Trinajstić information content (AvgIpc) is 2.46. The van der Waals surface area contributed by atoms with Crippen molar-refractivity contribution in [2.24, 2.45) is 0 Å². The lowest BCUT2D eigenvalue weighted by molar-refractivity contribution is 0.191. The fourth-order valence-electron chi connectivity index (χ4n) is 1.89. The van der Waals surface area contributed by atoms with Crippen LogP contribution in [0.15, 0.2) is 48.5 Å². The summed E-state index contributed by atoms with van der Waals surface area (Å²) in [5.74, 6) is -0.298. The van der Waals surface area contributed by atoms with Gasteiger partial charge in [0.25, 0.3) is 0 Å². The van der Waals surface area contributed by atoms with Crippen LogP contribution >= 0.6 is 0 Å². The van der Waals surface area contributed by atoms with E-state index in [4.69, 9.17) is 0 Å². The number of benzene rings is 2. The summed E-state index contributed by atoms with van der Waals surface area (Å²) in [6.45, 7) is 0.382. The molecule has 0 heterocycles. The molecular formula is C16H19FN2O. The molecule has 1 atom stereocenters. The van der Waals surface area contributed by atoms with Gasteiger partial charge in [-0.05, 0) is 42.0 Å². The Morgan fingerprint density at radius 1 is 1.05 bits per heavy atom. The van der Waals surface area contributed by atoms with E-state index < -0.39 is 6.10 Å². The van der Waals surface area contributed by atoms with Gasteiger partial charge in [0.2, 0.25) is 0 Å². The van der Waals surface area contributed by atoms with Crippen molar-refractivity contribution in [1.82, 2.24) is 0 Å². The minimum Gasteiger partial charge on any atom is -0.387 e. The van der Waals surface area contributed by atoms with E-state index in [0.717, 1.165) is 11.4 Å². The predicted molar refractivity (Wildman–Crippen MR) is 80.6 cm³/mol. The Labute approximate surface area is 118 Å². The van der Waals surface area contributed by atoms with Gasteiger partial charge in [0.15, 0.2) is 0 Å². The molecule has 0 radical (unpaired) electrons. The number of aliphatic hydroxyl groups excluding tert-OH is 1. The number of nitrogens with one attached hydrogen (secondary N) is 1. The Morgan fingerprint density at radius 3 is 2.20 bits per heavy atom. The second-order valence-corrected chi connectivity index (χ2v) is 4.89. The molecular weight excluding hydrogens is 255 g/mol. The summed E-state index contributed by atoms with van der Waals surface area (Å²) in [6, 6.07) is 13.8. The number of hydrogen-bond donors (Lipinski definition) is 2. The molecule has 1 unspecified atom stereocenters. The number of hydrogen-bond acceptors (Lipinski definition) is 3. The maximum absolute atomic E-state index is 12.8. The van der Waals surface area contributed by atoms with Crippen LogP contribution in [-0.2, 0) is 0 Å². The molecule has 0 spiro atoms. The van der Waals surface area contributed by atoms with Gasteiger partial charge in [-0.1, -0.05) is 12.1 Å². The lowest BCUT2D eigenvalue weighted by Gasteiger charge is -2.15. The first-order chi connectivity index (χ1) is 9.56. The second-order valence-electron chi connectivity index (χ2n) is 4.89. The molecule has 20 heavy (non-hydrogen) atoms. The summed E-state index contributed by atoms with van der Waals surface area (Å²) in [5.41, 5.74) is 2.76. The second kappa shape index (κ2) is 6.39. The highest BCUT2D eigenvalue weighted by Gasteiger charge is 2.07. The van der Waals surface area contributed by atoms with Crippen molar-refractivity contribution >= 4 is 11.4 Å². The van der Waals surface area contributed by atoms with Crippen molar-refractivity contribution in [2.75, 3.05) is 30.9 Å². The van der Waals surface area contributed by atoms with Crippen molar-refractivity contribution in [3.05, 3.63) is 59.9 Å². The van der Waals surface area contributed by atoms with E-state index >= 15 is 0 Å². The van der Waals surface area contributed by atoms with E-state index in [2.05, 4.69) is 5.32 Å². The smallest absolute Gasteiger partial charge is 0.123 e. The largest absolute Gasteiger partial charge is 0.387 e. The lowest BCUT2D eigenvalue weighted by Crippen LogP contribution is -2.12. The van der Waals surface area contributed by atoms with Crippen molar-refractivity contribution < 1.29 is 9.50 Å². The highest BCUT2D eigenvalue weighted by atomic mass is 19.1. The Bertz CT molecular complexity index is 537. The van der Waals surface area contributed by atoms with Crippen LogP contribution in [0.4, 0.5) is 15.8 Å². The van der Waals surface area contributed by atoms with Crippen LogP contribution < -0.4 is 10.2 Å². The number of halogens is 1. The zero-order chi connectivity index (χ0) is 14.5. The molecule has 106 valence electrons. The third-order valence-corrected chi connectivity index (χ3v) is 3.14. The van der Waals surface area contributed by atoms with Crippen molar-refractivity contribution in [3.63, 3.8) is 0 Å². The molecule has 3 nitrogen and oxygen atoms in total. The van der Waals surface area contributed by atoms with Gasteiger partial charge in [0.1, 0.15) is 5.82 Å². The van der Waals surface area contributed by atoms with Crippen LogP contribution in [0.2, 0.25) is 0 Å². The van der Waals surface area contributed by atoms with E-state index in [1.54, 1.807) is 12.1 Å². The number of aliphatic hydroxyl groups is 1. The van der Waals surface area contributed by atoms with Gasteiger partial charge in [-0.15, -0.1) is 0 Å². The van der Waals surface area contributed by atoms with Crippen molar-refractivity contribution in [2.45, 2.75) is 6.10 Å². The van der Waals surface area contributed by atoms with Crippen molar-refractivity contribution in [1.29, 1.82) is 0 Å². The van der Waals surface area contributed by atoms with Gasteiger partial charge >= 0.3 is 0 Å². The SMILES string of the molecule is CN(C)c1ccc(NCC(O)c2ccc(F)cc2)cc1. The van der Waals surface area contributed by atoms with Gasteiger partial charge < -0.3 is 15.3 Å². The molecule has 0 saturated carbocycles. The van der Waals surface area contributed by atoms with E-state index in [-0.39, 0.29) is 5.82 Å². The molecule has 0 aromatic heterocycles. The monoisotopic (exact) mass is 274 g/mol. The standard InChI is InChI=1S/C16H19FN2O/c1-19(2)15-9-7-14(8-10-15)18-11-16(20)12-3-5-13(17)6-4-12/h3-10,16,18,20H,11H2,1-2H3. The summed E-state index contributed by atoms with van der Waals surface area (Å²) in [5, 5.41) is 13.2. The Kier molecular flexibility index (Phi) is 4.58. The number of rotatable bonds is 5. The van der Waals surface area contributed by atoms with Gasteiger partial charge in [-0.25, -0.2) is 4.39 Å². The van der Waals surface area contributed by atoms with Crippen LogP contribution in [0.5, 0.6) is 0 Å². The zero-order valence-corrected chi connectivity index (χ0v) is 11.7. The maximum atomic E-state index is 12.8. The first-order valence-corrected chi connectivity index (χ1v) is 6.51. The molecule has 0 fully saturated rings. The van der Waals surface area contributed by atoms with Gasteiger partial charge in [-0.2, -0.15) is 0 Å². The fourth-order valence-corrected chi connectivity index (χ4v) is 1.89. The molecule has 2 N–H and O–H groups in total. The number of nitrogens with zero attached hydrogens (tertiary/aromatic N) is 1. The van der Waals surface area contributed by atoms with Gasteiger partial charge in [0.05, 0.1) is 6.10 Å². The normalized spacial score (nSPS) is 12.0. The molecule has 2 rings (SSSR count). The third kappa shape index (κ3) is 3.71. The predicted octanol–water partition coefficient (Wildman–Crippen LogP) is 3.04. The fraction of sp³-hybridized carbons (Fsp3) is 0.250. The molecule has 2 aromatic rings. The van der Waals surface area contributed by atoms with E-state index in [1.165, 1.54) is 12.1 Å². The summed E-state index contributed by atoms with van der Waals surface area (Å²) in [6.07, 6.45) is -0.663. The molecule has 0 aliphatic rings. The first-order valence-electron chi connectivity index (χ1n) is 6.51. The highest BCUT2D eigenvalue weighted by molar-refractivity contribution is 5.54. The Hall–Kier alpha value is -2.07. The molecule has 0 aliphatic carbocycles. The van der Waals surface area contributed by atoms with E-state index in [9.17, 15) is 9.50 Å². The Morgan fingerprint density at radius 2 is 1.65 bits per heavy atom. The molecule has 0 saturated heterocycles. The minimum atomic E-state index is -0.663. The molecule has 2 aromatic carbocycles. The summed E-state index contributed by atoms with van der Waals surface area (Å²) >= 11 is 0. The van der Waals surface area contributed by atoms with Crippen LogP contribution in [-0.4, -0.2) is 25.7 Å². The van der Waals surface area contributed by atoms with Crippen molar-refractivity contribution in [3.8, 4) is 0 Å². The summed E-state index contributed by atoms with van der Waals surface area (Å²) < 4.78 is 12.8. The maximum Gasteiger partial charge on any atom is 0.123 e. The lowest BCUT2D eigenvalue weighted by atomic mass is 10.1. The van der Waals surface area contributed by atoms with Crippen LogP contribution in [0.1, 0.15) is 11.7 Å². The van der Waals surface area contributed by atoms with E-state index in [1.807, 2.05) is 43.3 Å². The highest BCUT2D eigenvalue weighted by Crippen LogP contribution is 2.18. The quantitative estimate of drug-likeness (QED) is 0.879. The Balaban J connectivity index is 1.92. The molecule has 0 bridgehead atoms. The van der Waals surface area contributed by atoms with E-state index in [0.29, 0.717) is 12.1 Å². The third-order valence-electron chi connectivity index (χ3n) is 3.14. The van der Waals surface area contributed by atoms with Gasteiger partial charge in [-0.3, -0.25) is 0 Å². The number of anilines is 2. The minimum absolute atomic E-state index is 0.298. The zero-order valence-electron chi connectivity index (χ0n) is 11.7. The molecule has 0 aliphatic heterocycles. The average molecular weight is 274 g/mol. The molecule has 0 amide bonds. The van der Waals surface area contributed by atoms with Crippen LogP contribution in [0, 0.1) is 5.82 Å². The van der Waals surface area contributed by atoms with Crippen LogP contribution in [0.25, 0.3) is 0 Å². The molecule has 4 heteroatoms.